The SMILES string of the molecule is COc1ccc(CN2C(=O)N(c3cnn(Cc4c(C)noc4C)c3)C(=O)C2(C)C)nc1. The summed E-state index contributed by atoms with van der Waals surface area (Å²) >= 11 is 0. The van der Waals surface area contributed by atoms with Gasteiger partial charge < -0.3 is 14.2 Å². The van der Waals surface area contributed by atoms with Crippen molar-refractivity contribution in [2.45, 2.75) is 46.3 Å². The Kier molecular flexibility index (Phi) is 5.00. The van der Waals surface area contributed by atoms with Gasteiger partial charge in [0.15, 0.2) is 0 Å². The van der Waals surface area contributed by atoms with Crippen molar-refractivity contribution in [1.29, 1.82) is 0 Å². The molecule has 3 aromatic heterocycles. The van der Waals surface area contributed by atoms with E-state index in [2.05, 4.69) is 15.2 Å². The molecule has 4 heterocycles. The number of aromatic nitrogens is 4. The summed E-state index contributed by atoms with van der Waals surface area (Å²) in [6.45, 7) is 7.78. The van der Waals surface area contributed by atoms with Gasteiger partial charge in [-0.25, -0.2) is 9.69 Å². The summed E-state index contributed by atoms with van der Waals surface area (Å²) in [5.41, 5.74) is 1.75. The number of anilines is 1. The fourth-order valence-corrected chi connectivity index (χ4v) is 3.56. The smallest absolute Gasteiger partial charge is 0.332 e. The molecule has 4 rings (SSSR count). The number of hydrogen-bond donors (Lipinski definition) is 0. The van der Waals surface area contributed by atoms with Crippen LogP contribution >= 0.6 is 0 Å². The van der Waals surface area contributed by atoms with Crippen molar-refractivity contribution >= 4 is 17.6 Å². The quantitative estimate of drug-likeness (QED) is 0.560. The maximum absolute atomic E-state index is 13.2. The number of nitrogens with zero attached hydrogens (tertiary/aromatic N) is 6. The molecule has 0 atom stereocenters. The van der Waals surface area contributed by atoms with E-state index >= 15 is 0 Å². The zero-order valence-corrected chi connectivity index (χ0v) is 18.1. The van der Waals surface area contributed by atoms with E-state index in [1.54, 1.807) is 50.2 Å². The molecule has 0 N–H and O–H groups in total. The van der Waals surface area contributed by atoms with Gasteiger partial charge in [-0.2, -0.15) is 5.10 Å². The number of pyridine rings is 1. The zero-order valence-electron chi connectivity index (χ0n) is 18.1. The Hall–Kier alpha value is -3.69. The maximum atomic E-state index is 13.2. The molecule has 1 aliphatic rings. The fourth-order valence-electron chi connectivity index (χ4n) is 3.56. The second-order valence-corrected chi connectivity index (χ2v) is 7.96. The van der Waals surface area contributed by atoms with Crippen LogP contribution in [0.2, 0.25) is 0 Å². The second kappa shape index (κ2) is 7.53. The molecule has 0 aromatic carbocycles. The van der Waals surface area contributed by atoms with Gasteiger partial charge in [-0.3, -0.25) is 14.5 Å². The molecule has 0 unspecified atom stereocenters. The van der Waals surface area contributed by atoms with E-state index in [1.807, 2.05) is 13.8 Å². The maximum Gasteiger partial charge on any atom is 0.332 e. The molecule has 10 heteroatoms. The number of aryl methyl sites for hydroxylation is 2. The monoisotopic (exact) mass is 424 g/mol. The van der Waals surface area contributed by atoms with Crippen molar-refractivity contribution < 1.29 is 18.8 Å². The fraction of sp³-hybridized carbons (Fsp3) is 0.381. The van der Waals surface area contributed by atoms with E-state index in [0.29, 0.717) is 29.4 Å². The highest BCUT2D eigenvalue weighted by atomic mass is 16.5. The van der Waals surface area contributed by atoms with Gasteiger partial charge in [0.2, 0.25) is 0 Å². The van der Waals surface area contributed by atoms with Crippen molar-refractivity contribution in [3.8, 4) is 5.75 Å². The van der Waals surface area contributed by atoms with Gasteiger partial charge >= 0.3 is 6.03 Å². The summed E-state index contributed by atoms with van der Waals surface area (Å²) in [6, 6.07) is 3.13. The van der Waals surface area contributed by atoms with E-state index in [-0.39, 0.29) is 12.5 Å². The predicted octanol–water partition coefficient (Wildman–Crippen LogP) is 2.69. The van der Waals surface area contributed by atoms with E-state index in [4.69, 9.17) is 9.26 Å². The highest BCUT2D eigenvalue weighted by molar-refractivity contribution is 6.22. The first-order valence-electron chi connectivity index (χ1n) is 9.81. The van der Waals surface area contributed by atoms with Gasteiger partial charge in [-0.1, -0.05) is 5.16 Å². The number of hydrogen-bond acceptors (Lipinski definition) is 7. The molecule has 10 nitrogen and oxygen atoms in total. The standard InChI is InChI=1S/C21H24N6O4/c1-13-18(14(2)31-24-13)12-25-11-16(8-23-25)27-19(28)21(3,4)26(20(27)29)10-15-6-7-17(30-5)9-22-15/h6-9,11H,10,12H2,1-5H3. The molecular formula is C21H24N6O4. The first kappa shape index (κ1) is 20.6. The lowest BCUT2D eigenvalue weighted by Gasteiger charge is -2.27. The average Bonchev–Trinajstić information content (AvgIpc) is 3.38. The number of carbonyl (C=O) groups is 2. The van der Waals surface area contributed by atoms with Gasteiger partial charge in [0.1, 0.15) is 17.0 Å². The number of rotatable bonds is 6. The number of methoxy groups -OCH3 is 1. The molecule has 3 amide bonds. The van der Waals surface area contributed by atoms with Crippen LogP contribution in [0, 0.1) is 13.8 Å². The molecule has 0 spiro atoms. The number of amides is 3. The third-order valence-electron chi connectivity index (χ3n) is 5.56. The number of imide groups is 1. The molecule has 0 aliphatic carbocycles. The third-order valence-corrected chi connectivity index (χ3v) is 5.56. The summed E-state index contributed by atoms with van der Waals surface area (Å²) in [4.78, 5) is 33.3. The molecule has 31 heavy (non-hydrogen) atoms. The largest absolute Gasteiger partial charge is 0.495 e. The number of ether oxygens (including phenoxy) is 1. The van der Waals surface area contributed by atoms with Gasteiger partial charge in [0.05, 0.1) is 49.7 Å². The molecule has 1 saturated heterocycles. The Morgan fingerprint density at radius 1 is 1.13 bits per heavy atom. The van der Waals surface area contributed by atoms with Gasteiger partial charge in [0, 0.05) is 11.8 Å². The molecule has 162 valence electrons. The Morgan fingerprint density at radius 2 is 1.90 bits per heavy atom. The molecule has 1 fully saturated rings. The van der Waals surface area contributed by atoms with Crippen LogP contribution in [0.25, 0.3) is 0 Å². The summed E-state index contributed by atoms with van der Waals surface area (Å²) in [6.07, 6.45) is 4.77. The minimum Gasteiger partial charge on any atom is -0.495 e. The number of carbonyl (C=O) groups excluding carboxylic acids is 2. The van der Waals surface area contributed by atoms with Crippen LogP contribution in [-0.4, -0.2) is 49.4 Å². The normalized spacial score (nSPS) is 15.8. The highest BCUT2D eigenvalue weighted by Crippen LogP contribution is 2.33. The third kappa shape index (κ3) is 3.54. The van der Waals surface area contributed by atoms with Crippen LogP contribution in [0.4, 0.5) is 10.5 Å². The Morgan fingerprint density at radius 3 is 2.52 bits per heavy atom. The van der Waals surface area contributed by atoms with E-state index in [1.165, 1.54) is 16.0 Å². The van der Waals surface area contributed by atoms with E-state index in [0.717, 1.165) is 11.3 Å². The molecule has 1 aliphatic heterocycles. The van der Waals surface area contributed by atoms with Crippen molar-refractivity contribution in [3.63, 3.8) is 0 Å². The highest BCUT2D eigenvalue weighted by Gasteiger charge is 2.52. The molecule has 3 aromatic rings. The minimum absolute atomic E-state index is 0.200. The van der Waals surface area contributed by atoms with Crippen LogP contribution in [0.15, 0.2) is 35.2 Å². The Bertz CT molecular complexity index is 1110. The topological polar surface area (TPSA) is 107 Å². The Balaban J connectivity index is 1.57. The van der Waals surface area contributed by atoms with Crippen molar-refractivity contribution in [1.82, 2.24) is 24.8 Å². The zero-order chi connectivity index (χ0) is 22.3. The summed E-state index contributed by atoms with van der Waals surface area (Å²) in [5, 5.41) is 8.26. The number of urea groups is 1. The minimum atomic E-state index is -1.03. The first-order chi connectivity index (χ1) is 14.7. The van der Waals surface area contributed by atoms with Crippen LogP contribution in [-0.2, 0) is 17.9 Å². The second-order valence-electron chi connectivity index (χ2n) is 7.96. The summed E-state index contributed by atoms with van der Waals surface area (Å²) < 4.78 is 12.0. The van der Waals surface area contributed by atoms with Gasteiger partial charge in [-0.05, 0) is 39.8 Å². The Labute approximate surface area is 179 Å². The summed E-state index contributed by atoms with van der Waals surface area (Å²) in [5.74, 6) is 1.02. The average molecular weight is 424 g/mol. The van der Waals surface area contributed by atoms with Crippen molar-refractivity contribution in [3.05, 3.63) is 53.4 Å². The molecule has 0 saturated carbocycles. The summed E-state index contributed by atoms with van der Waals surface area (Å²) in [7, 11) is 1.56. The van der Waals surface area contributed by atoms with Crippen LogP contribution < -0.4 is 9.64 Å². The molecule has 0 bridgehead atoms. The van der Waals surface area contributed by atoms with Crippen LogP contribution in [0.1, 0.15) is 36.6 Å². The van der Waals surface area contributed by atoms with E-state index < -0.39 is 11.6 Å². The lowest BCUT2D eigenvalue weighted by atomic mass is 10.0. The lowest BCUT2D eigenvalue weighted by Crippen LogP contribution is -2.43. The lowest BCUT2D eigenvalue weighted by molar-refractivity contribution is -0.123. The van der Waals surface area contributed by atoms with Crippen LogP contribution in [0.5, 0.6) is 5.75 Å². The molecule has 0 radical (unpaired) electrons. The van der Waals surface area contributed by atoms with Crippen molar-refractivity contribution in [2.24, 2.45) is 0 Å². The predicted molar refractivity (Wildman–Crippen MR) is 111 cm³/mol. The van der Waals surface area contributed by atoms with Crippen molar-refractivity contribution in [2.75, 3.05) is 12.0 Å². The van der Waals surface area contributed by atoms with E-state index in [9.17, 15) is 9.59 Å². The first-order valence-corrected chi connectivity index (χ1v) is 9.81. The van der Waals surface area contributed by atoms with Crippen LogP contribution in [0.3, 0.4) is 0 Å². The molecular weight excluding hydrogens is 400 g/mol. The van der Waals surface area contributed by atoms with Gasteiger partial charge in [-0.15, -0.1) is 0 Å². The van der Waals surface area contributed by atoms with Gasteiger partial charge in [0.25, 0.3) is 5.91 Å².